The van der Waals surface area contributed by atoms with Crippen LogP contribution in [0.3, 0.4) is 0 Å². The summed E-state index contributed by atoms with van der Waals surface area (Å²) in [6.07, 6.45) is 3.83. The van der Waals surface area contributed by atoms with Gasteiger partial charge in [-0.25, -0.2) is 0 Å². The molecule has 1 aromatic heterocycles. The average molecular weight is 288 g/mol. The van der Waals surface area contributed by atoms with Crippen molar-refractivity contribution in [2.45, 2.75) is 6.92 Å². The van der Waals surface area contributed by atoms with Crippen molar-refractivity contribution in [3.63, 3.8) is 0 Å². The first-order valence-electron chi connectivity index (χ1n) is 7.11. The molecule has 0 fully saturated rings. The van der Waals surface area contributed by atoms with Crippen LogP contribution in [-0.4, -0.2) is 0 Å². The predicted octanol–water partition coefficient (Wildman–Crippen LogP) is 5.05. The van der Waals surface area contributed by atoms with E-state index >= 15 is 0 Å². The number of hydrogen-bond donors (Lipinski definition) is 0. The van der Waals surface area contributed by atoms with E-state index < -0.39 is 0 Å². The van der Waals surface area contributed by atoms with Gasteiger partial charge in [-0.05, 0) is 13.0 Å². The summed E-state index contributed by atoms with van der Waals surface area (Å²) in [5.74, 6) is 0.578. The van der Waals surface area contributed by atoms with E-state index in [2.05, 4.69) is 6.58 Å². The van der Waals surface area contributed by atoms with Gasteiger partial charge in [-0.15, -0.1) is 0 Å². The van der Waals surface area contributed by atoms with Crippen molar-refractivity contribution in [1.29, 1.82) is 0 Å². The third kappa shape index (κ3) is 2.77. The molecule has 0 unspecified atom stereocenters. The summed E-state index contributed by atoms with van der Waals surface area (Å²) in [5.41, 5.74) is 3.27. The van der Waals surface area contributed by atoms with Gasteiger partial charge in [-0.1, -0.05) is 66.8 Å². The van der Waals surface area contributed by atoms with Gasteiger partial charge in [0.15, 0.2) is 5.43 Å². The minimum absolute atomic E-state index is 0.0364. The molecular weight excluding hydrogens is 272 g/mol. The number of fused-ring (bicyclic) bond motifs is 1. The van der Waals surface area contributed by atoms with Crippen LogP contribution in [0, 0.1) is 0 Å². The molecule has 3 rings (SSSR count). The summed E-state index contributed by atoms with van der Waals surface area (Å²) in [6.45, 7) is 5.78. The summed E-state index contributed by atoms with van der Waals surface area (Å²) in [7, 11) is 0. The van der Waals surface area contributed by atoms with E-state index in [0.29, 0.717) is 16.7 Å². The summed E-state index contributed by atoms with van der Waals surface area (Å²) >= 11 is 0. The smallest absolute Gasteiger partial charge is 0.193 e. The molecule has 0 saturated heterocycles. The molecule has 0 bridgehead atoms. The van der Waals surface area contributed by atoms with Gasteiger partial charge in [0.1, 0.15) is 11.3 Å². The quantitative estimate of drug-likeness (QED) is 0.631. The standard InChI is InChI=1S/C20H16O2/c1-14(2)11-12-16-9-6-10-17-18(21)13-19(22-20(16)17)15-7-4-3-5-8-15/h3-13H,1H2,2H3. The molecule has 0 aliphatic rings. The zero-order valence-corrected chi connectivity index (χ0v) is 12.4. The van der Waals surface area contributed by atoms with Crippen molar-refractivity contribution in [3.8, 4) is 11.3 Å². The molecule has 0 spiro atoms. The first kappa shape index (κ1) is 14.1. The van der Waals surface area contributed by atoms with Crippen molar-refractivity contribution in [2.75, 3.05) is 0 Å². The largest absolute Gasteiger partial charge is 0.455 e. The van der Waals surface area contributed by atoms with Crippen LogP contribution in [0.5, 0.6) is 0 Å². The van der Waals surface area contributed by atoms with Crippen LogP contribution in [0.15, 0.2) is 82.0 Å². The van der Waals surface area contributed by atoms with Crippen LogP contribution in [0.25, 0.3) is 28.4 Å². The molecule has 0 amide bonds. The number of rotatable bonds is 3. The Morgan fingerprint density at radius 2 is 1.86 bits per heavy atom. The van der Waals surface area contributed by atoms with Gasteiger partial charge >= 0.3 is 0 Å². The fourth-order valence-electron chi connectivity index (χ4n) is 2.31. The second-order valence-electron chi connectivity index (χ2n) is 5.24. The molecule has 108 valence electrons. The zero-order chi connectivity index (χ0) is 15.5. The van der Waals surface area contributed by atoms with E-state index in [0.717, 1.165) is 16.7 Å². The van der Waals surface area contributed by atoms with Crippen molar-refractivity contribution < 1.29 is 4.42 Å². The minimum atomic E-state index is -0.0364. The second kappa shape index (κ2) is 5.86. The van der Waals surface area contributed by atoms with Crippen LogP contribution in [0.2, 0.25) is 0 Å². The molecule has 2 heteroatoms. The molecule has 0 N–H and O–H groups in total. The Morgan fingerprint density at radius 3 is 2.59 bits per heavy atom. The summed E-state index contributed by atoms with van der Waals surface area (Å²) in [5, 5.41) is 0.587. The second-order valence-corrected chi connectivity index (χ2v) is 5.24. The molecule has 0 saturated carbocycles. The summed E-state index contributed by atoms with van der Waals surface area (Å²) < 4.78 is 6.01. The molecular formula is C20H16O2. The lowest BCUT2D eigenvalue weighted by molar-refractivity contribution is 0.618. The molecule has 0 atom stereocenters. The van der Waals surface area contributed by atoms with Crippen LogP contribution in [-0.2, 0) is 0 Å². The van der Waals surface area contributed by atoms with Crippen LogP contribution in [0.1, 0.15) is 12.5 Å². The zero-order valence-electron chi connectivity index (χ0n) is 12.4. The number of para-hydroxylation sites is 1. The Hall–Kier alpha value is -2.87. The van der Waals surface area contributed by atoms with Gasteiger partial charge in [0.05, 0.1) is 5.39 Å². The molecule has 2 nitrogen and oxygen atoms in total. The van der Waals surface area contributed by atoms with E-state index in [4.69, 9.17) is 4.42 Å². The number of benzene rings is 2. The highest BCUT2D eigenvalue weighted by Crippen LogP contribution is 2.25. The minimum Gasteiger partial charge on any atom is -0.455 e. The lowest BCUT2D eigenvalue weighted by atomic mass is 10.1. The summed E-state index contributed by atoms with van der Waals surface area (Å²) in [6, 6.07) is 16.8. The van der Waals surface area contributed by atoms with Crippen LogP contribution in [0.4, 0.5) is 0 Å². The normalized spacial score (nSPS) is 11.1. The lowest BCUT2D eigenvalue weighted by Gasteiger charge is -2.05. The van der Waals surface area contributed by atoms with Crippen molar-refractivity contribution >= 4 is 17.0 Å². The van der Waals surface area contributed by atoms with E-state index in [-0.39, 0.29) is 5.43 Å². The topological polar surface area (TPSA) is 30.2 Å². The number of hydrogen-bond acceptors (Lipinski definition) is 2. The maximum absolute atomic E-state index is 12.4. The predicted molar refractivity (Wildman–Crippen MR) is 91.8 cm³/mol. The van der Waals surface area contributed by atoms with Gasteiger partial charge in [0.25, 0.3) is 0 Å². The van der Waals surface area contributed by atoms with Crippen molar-refractivity contribution in [1.82, 2.24) is 0 Å². The SMILES string of the molecule is C=C(C)C=Cc1cccc2c(=O)cc(-c3ccccc3)oc12. The van der Waals surface area contributed by atoms with Gasteiger partial charge in [0, 0.05) is 17.2 Å². The van der Waals surface area contributed by atoms with E-state index in [1.165, 1.54) is 0 Å². The molecule has 1 heterocycles. The lowest BCUT2D eigenvalue weighted by Crippen LogP contribution is -2.01. The fraction of sp³-hybridized carbons (Fsp3) is 0.0500. The van der Waals surface area contributed by atoms with Gasteiger partial charge < -0.3 is 4.42 Å². The third-order valence-electron chi connectivity index (χ3n) is 3.39. The Kier molecular flexibility index (Phi) is 3.75. The Bertz CT molecular complexity index is 915. The van der Waals surface area contributed by atoms with Gasteiger partial charge in [0.2, 0.25) is 0 Å². The Balaban J connectivity index is 2.25. The maximum Gasteiger partial charge on any atom is 0.193 e. The van der Waals surface area contributed by atoms with E-state index in [1.807, 2.05) is 61.5 Å². The molecule has 22 heavy (non-hydrogen) atoms. The molecule has 0 aliphatic heterocycles. The average Bonchev–Trinajstić information content (AvgIpc) is 2.53. The highest BCUT2D eigenvalue weighted by atomic mass is 16.3. The molecule has 2 aromatic carbocycles. The van der Waals surface area contributed by atoms with E-state index in [9.17, 15) is 4.79 Å². The van der Waals surface area contributed by atoms with Crippen molar-refractivity contribution in [2.24, 2.45) is 0 Å². The Morgan fingerprint density at radius 1 is 1.09 bits per heavy atom. The van der Waals surface area contributed by atoms with Gasteiger partial charge in [-0.2, -0.15) is 0 Å². The highest BCUT2D eigenvalue weighted by Gasteiger charge is 2.08. The number of allylic oxidation sites excluding steroid dienone is 2. The highest BCUT2D eigenvalue weighted by molar-refractivity contribution is 5.86. The fourth-order valence-corrected chi connectivity index (χ4v) is 2.31. The first-order chi connectivity index (χ1) is 10.6. The monoisotopic (exact) mass is 288 g/mol. The summed E-state index contributed by atoms with van der Waals surface area (Å²) in [4.78, 5) is 12.4. The first-order valence-corrected chi connectivity index (χ1v) is 7.11. The molecule has 0 aliphatic carbocycles. The van der Waals surface area contributed by atoms with Crippen LogP contribution < -0.4 is 5.43 Å². The maximum atomic E-state index is 12.4. The van der Waals surface area contributed by atoms with Crippen molar-refractivity contribution in [3.05, 3.63) is 88.6 Å². The Labute approximate surface area is 129 Å². The van der Waals surface area contributed by atoms with E-state index in [1.54, 1.807) is 12.1 Å². The molecule has 3 aromatic rings. The molecule has 0 radical (unpaired) electrons. The van der Waals surface area contributed by atoms with Gasteiger partial charge in [-0.3, -0.25) is 4.79 Å². The third-order valence-corrected chi connectivity index (χ3v) is 3.39. The van der Waals surface area contributed by atoms with Crippen LogP contribution >= 0.6 is 0 Å².